The van der Waals surface area contributed by atoms with Gasteiger partial charge in [-0.05, 0) is 11.6 Å². The highest BCUT2D eigenvalue weighted by Gasteiger charge is 2.35. The van der Waals surface area contributed by atoms with Gasteiger partial charge in [0.2, 0.25) is 5.28 Å². The van der Waals surface area contributed by atoms with Crippen molar-refractivity contribution in [3.8, 4) is 0 Å². The Kier molecular flexibility index (Phi) is 5.68. The highest BCUT2D eigenvalue weighted by molar-refractivity contribution is 6.51. The topological polar surface area (TPSA) is 38.7 Å². The zero-order valence-electron chi connectivity index (χ0n) is 7.90. The quantitative estimate of drug-likeness (QED) is 0.735. The van der Waals surface area contributed by atoms with Crippen LogP contribution in [-0.4, -0.2) is 26.7 Å². The lowest BCUT2D eigenvalue weighted by molar-refractivity contribution is 0.751. The van der Waals surface area contributed by atoms with Gasteiger partial charge in [-0.15, -0.1) is 23.2 Å². The van der Waals surface area contributed by atoms with E-state index in [2.05, 4.69) is 15.0 Å². The van der Waals surface area contributed by atoms with Crippen LogP contribution in [0.5, 0.6) is 0 Å². The van der Waals surface area contributed by atoms with Crippen molar-refractivity contribution in [2.75, 3.05) is 11.8 Å². The maximum Gasteiger partial charge on any atom is 0.226 e. The van der Waals surface area contributed by atoms with Gasteiger partial charge in [-0.2, -0.15) is 9.97 Å². The lowest BCUT2D eigenvalue weighted by atomic mass is 10.4. The van der Waals surface area contributed by atoms with Crippen molar-refractivity contribution in [2.45, 2.75) is 8.67 Å². The van der Waals surface area contributed by atoms with E-state index in [9.17, 15) is 0 Å². The first-order chi connectivity index (χ1) is 7.73. The van der Waals surface area contributed by atoms with Gasteiger partial charge in [-0.1, -0.05) is 46.4 Å². The molecule has 0 spiro atoms. The van der Waals surface area contributed by atoms with Crippen LogP contribution in [-0.2, 0) is 8.67 Å². The van der Waals surface area contributed by atoms with Gasteiger partial charge in [-0.3, -0.25) is 0 Å². The molecule has 0 saturated carbocycles. The first-order valence-corrected chi connectivity index (χ1v) is 6.99. The van der Waals surface area contributed by atoms with E-state index in [-0.39, 0.29) is 28.7 Å². The summed E-state index contributed by atoms with van der Waals surface area (Å²) < 4.78 is -3.03. The van der Waals surface area contributed by atoms with Crippen molar-refractivity contribution < 1.29 is 0 Å². The van der Waals surface area contributed by atoms with Crippen molar-refractivity contribution >= 4 is 81.2 Å². The SMILES string of the molecule is ClCC(Cl)(Cl)c1nc(Cl)nc(C(Cl)(Cl)CCl)n1. The van der Waals surface area contributed by atoms with Gasteiger partial charge in [-0.25, -0.2) is 4.98 Å². The summed E-state index contributed by atoms with van der Waals surface area (Å²) in [6, 6.07) is 0. The standard InChI is InChI=1S/C7H4Cl7N3/c8-1-6(11,12)3-15-4(7(13,14)2-9)17-5(10)16-3/h1-2H2. The molecule has 0 radical (unpaired) electrons. The molecule has 1 aromatic heterocycles. The third-order valence-electron chi connectivity index (χ3n) is 1.60. The minimum atomic E-state index is -1.51. The van der Waals surface area contributed by atoms with E-state index in [0.29, 0.717) is 0 Å². The third kappa shape index (κ3) is 4.00. The van der Waals surface area contributed by atoms with Crippen LogP contribution in [0.15, 0.2) is 0 Å². The molecule has 0 aliphatic rings. The summed E-state index contributed by atoms with van der Waals surface area (Å²) in [5.74, 6) is -0.369. The van der Waals surface area contributed by atoms with E-state index in [4.69, 9.17) is 81.2 Å². The molecule has 3 nitrogen and oxygen atoms in total. The Hall–Kier alpha value is 1.04. The normalized spacial score (nSPS) is 12.9. The van der Waals surface area contributed by atoms with Crippen molar-refractivity contribution in [1.82, 2.24) is 15.0 Å². The first kappa shape index (κ1) is 16.1. The summed E-state index contributed by atoms with van der Waals surface area (Å²) in [6.45, 7) is 0. The fourth-order valence-electron chi connectivity index (χ4n) is 0.797. The molecule has 17 heavy (non-hydrogen) atoms. The Bertz CT molecular complexity index is 374. The van der Waals surface area contributed by atoms with Crippen LogP contribution < -0.4 is 0 Å². The van der Waals surface area contributed by atoms with Gasteiger partial charge in [0, 0.05) is 0 Å². The molecule has 1 aromatic rings. The molecule has 0 N–H and O–H groups in total. The molecule has 0 aliphatic heterocycles. The second-order valence-electron chi connectivity index (χ2n) is 2.93. The molecule has 0 unspecified atom stereocenters. The van der Waals surface area contributed by atoms with Crippen LogP contribution in [0.1, 0.15) is 11.6 Å². The van der Waals surface area contributed by atoms with Crippen molar-refractivity contribution in [3.63, 3.8) is 0 Å². The average molecular weight is 378 g/mol. The molecular formula is C7H4Cl7N3. The molecule has 0 aromatic carbocycles. The highest BCUT2D eigenvalue weighted by Crippen LogP contribution is 2.37. The van der Waals surface area contributed by atoms with Gasteiger partial charge in [0.25, 0.3) is 0 Å². The van der Waals surface area contributed by atoms with Gasteiger partial charge in [0.05, 0.1) is 11.8 Å². The number of aromatic nitrogens is 3. The summed E-state index contributed by atoms with van der Waals surface area (Å²) in [5.41, 5.74) is 0. The zero-order chi connectivity index (χ0) is 13.3. The van der Waals surface area contributed by atoms with Crippen molar-refractivity contribution in [1.29, 1.82) is 0 Å². The monoisotopic (exact) mass is 375 g/mol. The number of halogens is 7. The molecular weight excluding hydrogens is 374 g/mol. The summed E-state index contributed by atoms with van der Waals surface area (Å²) in [5, 5.41) is -0.156. The number of rotatable bonds is 4. The largest absolute Gasteiger partial charge is 0.226 e. The van der Waals surface area contributed by atoms with Gasteiger partial charge in [0.1, 0.15) is 0 Å². The van der Waals surface area contributed by atoms with Crippen LogP contribution in [0.2, 0.25) is 5.28 Å². The Labute approximate surface area is 133 Å². The molecule has 0 saturated heterocycles. The van der Waals surface area contributed by atoms with E-state index in [1.54, 1.807) is 0 Å². The Morgan fingerprint density at radius 1 is 0.765 bits per heavy atom. The van der Waals surface area contributed by atoms with Crippen LogP contribution in [0.25, 0.3) is 0 Å². The highest BCUT2D eigenvalue weighted by atomic mass is 35.5. The second kappa shape index (κ2) is 6.00. The van der Waals surface area contributed by atoms with Gasteiger partial charge < -0.3 is 0 Å². The van der Waals surface area contributed by atoms with Crippen LogP contribution >= 0.6 is 81.2 Å². The second-order valence-corrected chi connectivity index (χ2v) is 6.77. The summed E-state index contributed by atoms with van der Waals surface area (Å²) >= 11 is 40.4. The maximum atomic E-state index is 5.89. The van der Waals surface area contributed by atoms with E-state index >= 15 is 0 Å². The van der Waals surface area contributed by atoms with E-state index in [1.165, 1.54) is 0 Å². The number of hydrogen-bond donors (Lipinski definition) is 0. The Morgan fingerprint density at radius 3 is 1.41 bits per heavy atom. The fraction of sp³-hybridized carbons (Fsp3) is 0.571. The van der Waals surface area contributed by atoms with E-state index in [0.717, 1.165) is 0 Å². The molecule has 0 bridgehead atoms. The van der Waals surface area contributed by atoms with Gasteiger partial charge in [0.15, 0.2) is 20.3 Å². The van der Waals surface area contributed by atoms with Crippen LogP contribution in [0, 0.1) is 0 Å². The minimum absolute atomic E-state index is 0.0402. The lowest BCUT2D eigenvalue weighted by Crippen LogP contribution is -2.23. The predicted molar refractivity (Wildman–Crippen MR) is 73.0 cm³/mol. The van der Waals surface area contributed by atoms with Crippen LogP contribution in [0.3, 0.4) is 0 Å². The van der Waals surface area contributed by atoms with Crippen LogP contribution in [0.4, 0.5) is 0 Å². The van der Waals surface area contributed by atoms with E-state index < -0.39 is 8.67 Å². The first-order valence-electron chi connectivity index (χ1n) is 4.03. The number of hydrogen-bond acceptors (Lipinski definition) is 3. The Balaban J connectivity index is 3.29. The number of nitrogens with zero attached hydrogens (tertiary/aromatic N) is 3. The summed E-state index contributed by atoms with van der Waals surface area (Å²) in [4.78, 5) is 11.4. The molecule has 1 rings (SSSR count). The molecule has 96 valence electrons. The van der Waals surface area contributed by atoms with Gasteiger partial charge >= 0.3 is 0 Å². The van der Waals surface area contributed by atoms with Crippen molar-refractivity contribution in [2.24, 2.45) is 0 Å². The fourth-order valence-corrected chi connectivity index (χ4v) is 1.53. The molecule has 1 heterocycles. The molecule has 0 atom stereocenters. The third-order valence-corrected chi connectivity index (χ3v) is 4.33. The number of alkyl halides is 6. The molecule has 0 amide bonds. The predicted octanol–water partition coefficient (Wildman–Crippen LogP) is 4.26. The maximum absolute atomic E-state index is 5.89. The van der Waals surface area contributed by atoms with E-state index in [1.807, 2.05) is 0 Å². The smallest absolute Gasteiger partial charge is 0.211 e. The summed E-state index contributed by atoms with van der Waals surface area (Å²) in [6.07, 6.45) is 0. The van der Waals surface area contributed by atoms with Crippen molar-refractivity contribution in [3.05, 3.63) is 16.9 Å². The molecule has 0 fully saturated rings. The zero-order valence-corrected chi connectivity index (χ0v) is 13.2. The Morgan fingerprint density at radius 2 is 1.12 bits per heavy atom. The minimum Gasteiger partial charge on any atom is -0.211 e. The summed E-state index contributed by atoms with van der Waals surface area (Å²) in [7, 11) is 0. The molecule has 0 aliphatic carbocycles. The average Bonchev–Trinajstić information content (AvgIpc) is 2.28. The lowest BCUT2D eigenvalue weighted by Gasteiger charge is -2.18. The molecule has 10 heteroatoms.